The quantitative estimate of drug-likeness (QED) is 0.279. The molecular formula is C27H21BrN2O2S. The summed E-state index contributed by atoms with van der Waals surface area (Å²) in [5.41, 5.74) is 3.03. The molecule has 0 bridgehead atoms. The fourth-order valence-electron chi connectivity index (χ4n) is 4.68. The summed E-state index contributed by atoms with van der Waals surface area (Å²) in [6, 6.07) is 20.4. The van der Waals surface area contributed by atoms with Crippen molar-refractivity contribution in [1.29, 1.82) is 0 Å². The molecule has 2 aromatic heterocycles. The van der Waals surface area contributed by atoms with E-state index in [2.05, 4.69) is 51.2 Å². The lowest BCUT2D eigenvalue weighted by Gasteiger charge is -2.13. The number of nitrogens with zero attached hydrogens (tertiary/aromatic N) is 1. The number of rotatable bonds is 4. The summed E-state index contributed by atoms with van der Waals surface area (Å²) in [6.07, 6.45) is 4.33. The van der Waals surface area contributed by atoms with Crippen molar-refractivity contribution < 1.29 is 4.74 Å². The summed E-state index contributed by atoms with van der Waals surface area (Å²) >= 11 is 5.22. The SMILES string of the molecule is O=c1[nH]c(-c2cc(Br)ccc2OCc2cccc3ccccc23)nc2sc3c(c12)CCCC3. The molecule has 0 saturated heterocycles. The third-order valence-corrected chi connectivity index (χ3v) is 7.96. The maximum atomic E-state index is 13.1. The monoisotopic (exact) mass is 516 g/mol. The molecule has 0 saturated carbocycles. The Morgan fingerprint density at radius 2 is 1.88 bits per heavy atom. The molecule has 5 aromatic rings. The van der Waals surface area contributed by atoms with E-state index < -0.39 is 0 Å². The van der Waals surface area contributed by atoms with Crippen LogP contribution in [-0.2, 0) is 19.4 Å². The van der Waals surface area contributed by atoms with Crippen LogP contribution in [-0.4, -0.2) is 9.97 Å². The van der Waals surface area contributed by atoms with E-state index in [4.69, 9.17) is 9.72 Å². The largest absolute Gasteiger partial charge is 0.488 e. The molecule has 1 aliphatic rings. The van der Waals surface area contributed by atoms with Crippen LogP contribution in [0.25, 0.3) is 32.4 Å². The minimum Gasteiger partial charge on any atom is -0.488 e. The van der Waals surface area contributed by atoms with Gasteiger partial charge in [-0.15, -0.1) is 11.3 Å². The number of benzene rings is 3. The molecule has 0 radical (unpaired) electrons. The highest BCUT2D eigenvalue weighted by molar-refractivity contribution is 9.10. The van der Waals surface area contributed by atoms with Crippen LogP contribution < -0.4 is 10.3 Å². The van der Waals surface area contributed by atoms with Crippen LogP contribution in [0.2, 0.25) is 0 Å². The first-order valence-corrected chi connectivity index (χ1v) is 12.7. The number of hydrogen-bond donors (Lipinski definition) is 1. The fraction of sp³-hybridized carbons (Fsp3) is 0.185. The molecule has 0 atom stereocenters. The average molecular weight is 517 g/mol. The lowest BCUT2D eigenvalue weighted by atomic mass is 9.97. The van der Waals surface area contributed by atoms with E-state index in [1.807, 2.05) is 30.3 Å². The average Bonchev–Trinajstić information content (AvgIpc) is 3.22. The topological polar surface area (TPSA) is 55.0 Å². The van der Waals surface area contributed by atoms with Gasteiger partial charge in [0.05, 0.1) is 10.9 Å². The van der Waals surface area contributed by atoms with E-state index in [1.54, 1.807) is 11.3 Å². The summed E-state index contributed by atoms with van der Waals surface area (Å²) < 4.78 is 7.20. The molecule has 33 heavy (non-hydrogen) atoms. The highest BCUT2D eigenvalue weighted by Crippen LogP contribution is 2.36. The molecule has 0 spiro atoms. The molecule has 4 nitrogen and oxygen atoms in total. The smallest absolute Gasteiger partial charge is 0.260 e. The first kappa shape index (κ1) is 20.6. The van der Waals surface area contributed by atoms with Gasteiger partial charge in [-0.2, -0.15) is 0 Å². The molecule has 6 rings (SSSR count). The maximum Gasteiger partial charge on any atom is 0.260 e. The van der Waals surface area contributed by atoms with Crippen molar-refractivity contribution in [2.75, 3.05) is 0 Å². The number of fused-ring (bicyclic) bond motifs is 4. The van der Waals surface area contributed by atoms with Crippen LogP contribution in [0.1, 0.15) is 28.8 Å². The Labute approximate surface area is 203 Å². The number of halogens is 1. The van der Waals surface area contributed by atoms with Crippen LogP contribution >= 0.6 is 27.3 Å². The Kier molecular flexibility index (Phi) is 5.27. The van der Waals surface area contributed by atoms with Gasteiger partial charge in [0.15, 0.2) is 0 Å². The van der Waals surface area contributed by atoms with Crippen molar-refractivity contribution in [3.63, 3.8) is 0 Å². The van der Waals surface area contributed by atoms with Crippen molar-refractivity contribution in [2.45, 2.75) is 32.3 Å². The highest BCUT2D eigenvalue weighted by Gasteiger charge is 2.21. The molecule has 6 heteroatoms. The second kappa shape index (κ2) is 8.43. The molecule has 164 valence electrons. The molecule has 0 fully saturated rings. The summed E-state index contributed by atoms with van der Waals surface area (Å²) in [7, 11) is 0. The second-order valence-electron chi connectivity index (χ2n) is 8.37. The first-order chi connectivity index (χ1) is 16.2. The van der Waals surface area contributed by atoms with Crippen molar-refractivity contribution in [3.05, 3.63) is 91.5 Å². The molecule has 2 heterocycles. The Hall–Kier alpha value is -2.96. The highest BCUT2D eigenvalue weighted by atomic mass is 79.9. The number of nitrogens with one attached hydrogen (secondary N) is 1. The van der Waals surface area contributed by atoms with Crippen LogP contribution in [0.3, 0.4) is 0 Å². The van der Waals surface area contributed by atoms with Gasteiger partial charge in [-0.25, -0.2) is 4.98 Å². The van der Waals surface area contributed by atoms with Crippen molar-refractivity contribution in [1.82, 2.24) is 9.97 Å². The third-order valence-electron chi connectivity index (χ3n) is 6.28. The van der Waals surface area contributed by atoms with Gasteiger partial charge in [-0.05, 0) is 65.8 Å². The Balaban J connectivity index is 1.40. The molecule has 1 N–H and O–H groups in total. The minimum absolute atomic E-state index is 0.0608. The fourth-order valence-corrected chi connectivity index (χ4v) is 6.30. The summed E-state index contributed by atoms with van der Waals surface area (Å²) in [6.45, 7) is 0.426. The summed E-state index contributed by atoms with van der Waals surface area (Å²) in [5.74, 6) is 1.23. The van der Waals surface area contributed by atoms with E-state index in [9.17, 15) is 4.79 Å². The van der Waals surface area contributed by atoms with Crippen LogP contribution in [0.5, 0.6) is 5.75 Å². The summed E-state index contributed by atoms with van der Waals surface area (Å²) in [5, 5.41) is 3.13. The second-order valence-corrected chi connectivity index (χ2v) is 10.4. The zero-order valence-electron chi connectivity index (χ0n) is 17.9. The number of aromatic nitrogens is 2. The van der Waals surface area contributed by atoms with Crippen LogP contribution in [0.4, 0.5) is 0 Å². The Morgan fingerprint density at radius 3 is 2.82 bits per heavy atom. The summed E-state index contributed by atoms with van der Waals surface area (Å²) in [4.78, 5) is 23.1. The van der Waals surface area contributed by atoms with E-state index in [0.717, 1.165) is 45.1 Å². The maximum absolute atomic E-state index is 13.1. The number of aryl methyl sites for hydroxylation is 2. The number of hydrogen-bond acceptors (Lipinski definition) is 4. The number of ether oxygens (including phenoxy) is 1. The van der Waals surface area contributed by atoms with Gasteiger partial charge in [0.1, 0.15) is 23.0 Å². The van der Waals surface area contributed by atoms with Gasteiger partial charge in [0, 0.05) is 9.35 Å². The Bertz CT molecular complexity index is 1570. The Morgan fingerprint density at radius 1 is 1.03 bits per heavy atom. The minimum atomic E-state index is -0.0608. The standard InChI is InChI=1S/C27H21BrN2O2S/c28-18-12-13-22(32-15-17-8-5-7-16-6-1-2-9-19(16)17)21(14-18)25-29-26(31)24-20-10-3-4-11-23(20)33-27(24)30-25/h1-2,5-9,12-14H,3-4,10-11,15H2,(H,29,30,31). The van der Waals surface area contributed by atoms with Crippen LogP contribution in [0.15, 0.2) is 69.9 Å². The van der Waals surface area contributed by atoms with Crippen molar-refractivity contribution in [2.24, 2.45) is 0 Å². The van der Waals surface area contributed by atoms with E-state index >= 15 is 0 Å². The van der Waals surface area contributed by atoms with Crippen molar-refractivity contribution in [3.8, 4) is 17.1 Å². The van der Waals surface area contributed by atoms with Gasteiger partial charge in [-0.3, -0.25) is 4.79 Å². The molecule has 0 aliphatic heterocycles. The van der Waals surface area contributed by atoms with Crippen LogP contribution in [0, 0.1) is 0 Å². The molecule has 3 aromatic carbocycles. The normalized spacial score (nSPS) is 13.4. The number of H-pyrrole nitrogens is 1. The number of aromatic amines is 1. The third kappa shape index (κ3) is 3.77. The van der Waals surface area contributed by atoms with Gasteiger partial charge in [0.2, 0.25) is 0 Å². The van der Waals surface area contributed by atoms with E-state index in [0.29, 0.717) is 18.2 Å². The zero-order valence-corrected chi connectivity index (χ0v) is 20.3. The first-order valence-electron chi connectivity index (χ1n) is 11.1. The van der Waals surface area contributed by atoms with Gasteiger partial charge < -0.3 is 9.72 Å². The molecule has 0 amide bonds. The molecule has 1 aliphatic carbocycles. The van der Waals surface area contributed by atoms with Crippen molar-refractivity contribution >= 4 is 48.3 Å². The van der Waals surface area contributed by atoms with Gasteiger partial charge in [0.25, 0.3) is 5.56 Å². The van der Waals surface area contributed by atoms with Gasteiger partial charge >= 0.3 is 0 Å². The van der Waals surface area contributed by atoms with E-state index in [-0.39, 0.29) is 5.56 Å². The predicted octanol–water partition coefficient (Wildman–Crippen LogP) is 7.03. The molecule has 0 unspecified atom stereocenters. The van der Waals surface area contributed by atoms with E-state index in [1.165, 1.54) is 27.6 Å². The predicted molar refractivity (Wildman–Crippen MR) is 138 cm³/mol. The molecular weight excluding hydrogens is 496 g/mol. The lowest BCUT2D eigenvalue weighted by molar-refractivity contribution is 0.309. The number of thiophene rings is 1. The van der Waals surface area contributed by atoms with Gasteiger partial charge in [-0.1, -0.05) is 58.4 Å². The lowest BCUT2D eigenvalue weighted by Crippen LogP contribution is -2.11. The zero-order chi connectivity index (χ0) is 22.4.